The molecule has 2 nitrogen and oxygen atoms in total. The highest BCUT2D eigenvalue weighted by Gasteiger charge is 2.32. The third kappa shape index (κ3) is 3.45. The molecule has 1 aliphatic heterocycles. The number of nitrogens with one attached hydrogen (secondary N) is 1. The lowest BCUT2D eigenvalue weighted by Gasteiger charge is -2.39. The summed E-state index contributed by atoms with van der Waals surface area (Å²) in [6, 6.07) is 0.702. The van der Waals surface area contributed by atoms with E-state index in [4.69, 9.17) is 4.74 Å². The molecular formula is C15H29NO. The molecule has 0 amide bonds. The molecule has 1 aliphatic carbocycles. The van der Waals surface area contributed by atoms with Crippen LogP contribution in [0.4, 0.5) is 0 Å². The van der Waals surface area contributed by atoms with Crippen molar-refractivity contribution < 1.29 is 4.74 Å². The molecule has 0 radical (unpaired) electrons. The van der Waals surface area contributed by atoms with Gasteiger partial charge < -0.3 is 10.1 Å². The van der Waals surface area contributed by atoms with Crippen LogP contribution in [-0.2, 0) is 4.74 Å². The van der Waals surface area contributed by atoms with Gasteiger partial charge in [-0.3, -0.25) is 0 Å². The molecule has 100 valence electrons. The van der Waals surface area contributed by atoms with Crippen LogP contribution in [0.2, 0.25) is 0 Å². The first-order valence-electron chi connectivity index (χ1n) is 7.60. The fraction of sp³-hybridized carbons (Fsp3) is 1.00. The van der Waals surface area contributed by atoms with Crippen LogP contribution in [-0.4, -0.2) is 26.3 Å². The van der Waals surface area contributed by atoms with Crippen LogP contribution in [0, 0.1) is 17.8 Å². The van der Waals surface area contributed by atoms with Gasteiger partial charge in [0.1, 0.15) is 0 Å². The minimum atomic E-state index is 0.702. The zero-order chi connectivity index (χ0) is 12.1. The summed E-state index contributed by atoms with van der Waals surface area (Å²) in [5.74, 6) is 2.66. The molecule has 0 bridgehead atoms. The molecule has 1 saturated carbocycles. The number of hydrogen-bond acceptors (Lipinski definition) is 2. The van der Waals surface area contributed by atoms with Crippen molar-refractivity contribution in [2.24, 2.45) is 17.8 Å². The molecule has 0 aromatic heterocycles. The van der Waals surface area contributed by atoms with Crippen LogP contribution in [0.3, 0.4) is 0 Å². The Morgan fingerprint density at radius 3 is 2.41 bits per heavy atom. The van der Waals surface area contributed by atoms with Crippen LogP contribution in [0.5, 0.6) is 0 Å². The molecule has 2 unspecified atom stereocenters. The lowest BCUT2D eigenvalue weighted by Crippen LogP contribution is -2.44. The molecule has 2 fully saturated rings. The molecule has 0 aromatic rings. The lowest BCUT2D eigenvalue weighted by atomic mass is 9.73. The highest BCUT2D eigenvalue weighted by molar-refractivity contribution is 4.86. The van der Waals surface area contributed by atoms with E-state index in [1.165, 1.54) is 44.9 Å². The average Bonchev–Trinajstić information content (AvgIpc) is 2.42. The van der Waals surface area contributed by atoms with Crippen LogP contribution in [0.15, 0.2) is 0 Å². The molecule has 0 spiro atoms. The quantitative estimate of drug-likeness (QED) is 0.813. The van der Waals surface area contributed by atoms with E-state index in [-0.39, 0.29) is 0 Å². The van der Waals surface area contributed by atoms with E-state index in [0.29, 0.717) is 6.04 Å². The number of hydrogen-bond donors (Lipinski definition) is 1. The molecular weight excluding hydrogens is 210 g/mol. The Morgan fingerprint density at radius 1 is 1.12 bits per heavy atom. The average molecular weight is 239 g/mol. The maximum atomic E-state index is 5.66. The Balaban J connectivity index is 1.85. The largest absolute Gasteiger partial charge is 0.381 e. The van der Waals surface area contributed by atoms with Gasteiger partial charge in [0.2, 0.25) is 0 Å². The molecule has 2 rings (SSSR count). The Kier molecular flexibility index (Phi) is 5.30. The molecule has 2 aliphatic rings. The SMILES string of the molecule is CCC1CCC(C(NC)C2CCCOC2)CC1. The third-order valence-electron chi connectivity index (χ3n) is 5.01. The van der Waals surface area contributed by atoms with Gasteiger partial charge in [-0.15, -0.1) is 0 Å². The zero-order valence-corrected chi connectivity index (χ0v) is 11.6. The Morgan fingerprint density at radius 2 is 1.88 bits per heavy atom. The standard InChI is InChI=1S/C15H29NO/c1-3-12-6-8-13(9-7-12)15(16-2)14-5-4-10-17-11-14/h12-16H,3-11H2,1-2H3. The molecule has 1 N–H and O–H groups in total. The van der Waals surface area contributed by atoms with Crippen molar-refractivity contribution in [2.75, 3.05) is 20.3 Å². The van der Waals surface area contributed by atoms with E-state index in [1.54, 1.807) is 0 Å². The number of rotatable bonds is 4. The first-order valence-corrected chi connectivity index (χ1v) is 7.60. The van der Waals surface area contributed by atoms with Crippen molar-refractivity contribution in [1.29, 1.82) is 0 Å². The molecule has 2 heteroatoms. The van der Waals surface area contributed by atoms with Crippen LogP contribution >= 0.6 is 0 Å². The van der Waals surface area contributed by atoms with E-state index < -0.39 is 0 Å². The second-order valence-corrected chi connectivity index (χ2v) is 5.98. The molecule has 1 saturated heterocycles. The van der Waals surface area contributed by atoms with Gasteiger partial charge in [-0.25, -0.2) is 0 Å². The van der Waals surface area contributed by atoms with Gasteiger partial charge in [0, 0.05) is 12.6 Å². The Bertz CT molecular complexity index is 205. The maximum Gasteiger partial charge on any atom is 0.0509 e. The topological polar surface area (TPSA) is 21.3 Å². The van der Waals surface area contributed by atoms with Gasteiger partial charge in [0.15, 0.2) is 0 Å². The van der Waals surface area contributed by atoms with E-state index in [9.17, 15) is 0 Å². The summed E-state index contributed by atoms with van der Waals surface area (Å²) in [4.78, 5) is 0. The molecule has 17 heavy (non-hydrogen) atoms. The summed E-state index contributed by atoms with van der Waals surface area (Å²) in [6.07, 6.45) is 9.76. The van der Waals surface area contributed by atoms with Gasteiger partial charge in [-0.2, -0.15) is 0 Å². The van der Waals surface area contributed by atoms with Crippen LogP contribution < -0.4 is 5.32 Å². The van der Waals surface area contributed by atoms with Gasteiger partial charge >= 0.3 is 0 Å². The van der Waals surface area contributed by atoms with Gasteiger partial charge in [0.25, 0.3) is 0 Å². The molecule has 1 heterocycles. The van der Waals surface area contributed by atoms with E-state index in [2.05, 4.69) is 19.3 Å². The smallest absolute Gasteiger partial charge is 0.0509 e. The second kappa shape index (κ2) is 6.75. The fourth-order valence-corrected chi connectivity index (χ4v) is 3.86. The third-order valence-corrected chi connectivity index (χ3v) is 5.01. The van der Waals surface area contributed by atoms with Crippen molar-refractivity contribution in [1.82, 2.24) is 5.32 Å². The predicted octanol–water partition coefficient (Wildman–Crippen LogP) is 3.22. The first-order chi connectivity index (χ1) is 8.35. The summed E-state index contributed by atoms with van der Waals surface area (Å²) in [6.45, 7) is 4.31. The summed E-state index contributed by atoms with van der Waals surface area (Å²) >= 11 is 0. The first kappa shape index (κ1) is 13.4. The van der Waals surface area contributed by atoms with Crippen molar-refractivity contribution in [3.63, 3.8) is 0 Å². The van der Waals surface area contributed by atoms with Gasteiger partial charge in [0.05, 0.1) is 6.61 Å². The van der Waals surface area contributed by atoms with E-state index >= 15 is 0 Å². The van der Waals surface area contributed by atoms with Gasteiger partial charge in [-0.1, -0.05) is 26.2 Å². The fourth-order valence-electron chi connectivity index (χ4n) is 3.86. The van der Waals surface area contributed by atoms with Crippen LogP contribution in [0.25, 0.3) is 0 Å². The second-order valence-electron chi connectivity index (χ2n) is 5.98. The predicted molar refractivity (Wildman–Crippen MR) is 72.1 cm³/mol. The maximum absolute atomic E-state index is 5.66. The van der Waals surface area contributed by atoms with Crippen molar-refractivity contribution in [3.8, 4) is 0 Å². The van der Waals surface area contributed by atoms with E-state index in [0.717, 1.165) is 31.0 Å². The normalized spacial score (nSPS) is 36.7. The van der Waals surface area contributed by atoms with Crippen LogP contribution in [0.1, 0.15) is 51.9 Å². The summed E-state index contributed by atoms with van der Waals surface area (Å²) in [7, 11) is 2.14. The summed E-state index contributed by atoms with van der Waals surface area (Å²) in [5, 5.41) is 3.59. The minimum Gasteiger partial charge on any atom is -0.381 e. The number of ether oxygens (including phenoxy) is 1. The zero-order valence-electron chi connectivity index (χ0n) is 11.6. The van der Waals surface area contributed by atoms with Crippen molar-refractivity contribution in [3.05, 3.63) is 0 Å². The molecule has 2 atom stereocenters. The lowest BCUT2D eigenvalue weighted by molar-refractivity contribution is 0.0241. The van der Waals surface area contributed by atoms with Crippen molar-refractivity contribution >= 4 is 0 Å². The van der Waals surface area contributed by atoms with Gasteiger partial charge in [-0.05, 0) is 50.5 Å². The van der Waals surface area contributed by atoms with Crippen molar-refractivity contribution in [2.45, 2.75) is 57.9 Å². The summed E-state index contributed by atoms with van der Waals surface area (Å²) < 4.78 is 5.66. The van der Waals surface area contributed by atoms with E-state index in [1.807, 2.05) is 0 Å². The summed E-state index contributed by atoms with van der Waals surface area (Å²) in [5.41, 5.74) is 0. The Labute approximate surface area is 107 Å². The monoisotopic (exact) mass is 239 g/mol. The minimum absolute atomic E-state index is 0.702. The Hall–Kier alpha value is -0.0800. The molecule has 0 aromatic carbocycles. The highest BCUT2D eigenvalue weighted by Crippen LogP contribution is 2.35. The highest BCUT2D eigenvalue weighted by atomic mass is 16.5.